The van der Waals surface area contributed by atoms with E-state index in [0.29, 0.717) is 0 Å². The molecule has 0 aromatic carbocycles. The fraction of sp³-hybridized carbons (Fsp3) is 0.400. The summed E-state index contributed by atoms with van der Waals surface area (Å²) < 4.78 is 0. The number of carbonyl (C=O) groups excluding carboxylic acids is 1. The third-order valence-corrected chi connectivity index (χ3v) is 1.22. The van der Waals surface area contributed by atoms with Crippen LogP contribution in [0.15, 0.2) is 5.16 Å². The van der Waals surface area contributed by atoms with Gasteiger partial charge < -0.3 is 9.94 Å². The minimum Gasteiger partial charge on any atom is -0.477 e. The van der Waals surface area contributed by atoms with Gasteiger partial charge in [-0.3, -0.25) is 0 Å². The monoisotopic (exact) mass is 143 g/mol. The van der Waals surface area contributed by atoms with Crippen molar-refractivity contribution in [3.8, 4) is 0 Å². The van der Waals surface area contributed by atoms with E-state index in [9.17, 15) is 9.59 Å². The summed E-state index contributed by atoms with van der Waals surface area (Å²) in [6, 6.07) is 0. The van der Waals surface area contributed by atoms with Crippen molar-refractivity contribution < 1.29 is 19.5 Å². The van der Waals surface area contributed by atoms with Crippen LogP contribution in [0.25, 0.3) is 0 Å². The number of aliphatic carboxylic acids is 1. The normalized spacial score (nSPS) is 23.9. The zero-order chi connectivity index (χ0) is 7.72. The molecule has 0 spiro atoms. The number of rotatable bonds is 1. The Morgan fingerprint density at radius 1 is 1.80 bits per heavy atom. The van der Waals surface area contributed by atoms with Gasteiger partial charge in [0, 0.05) is 0 Å². The van der Waals surface area contributed by atoms with Crippen molar-refractivity contribution in [1.82, 2.24) is 0 Å². The lowest BCUT2D eigenvalue weighted by molar-refractivity contribution is -0.143. The minimum absolute atomic E-state index is 0.231. The number of carbonyl (C=O) groups is 2. The van der Waals surface area contributed by atoms with Gasteiger partial charge in [-0.05, 0) is 6.92 Å². The number of carboxylic acid groups (broad SMARTS) is 1. The Bertz CT molecular complexity index is 220. The molecule has 0 saturated carbocycles. The molecule has 5 nitrogen and oxygen atoms in total. The van der Waals surface area contributed by atoms with Crippen LogP contribution in [0.3, 0.4) is 0 Å². The van der Waals surface area contributed by atoms with Crippen LogP contribution >= 0.6 is 0 Å². The summed E-state index contributed by atoms with van der Waals surface area (Å²) in [5.74, 6) is -2.56. The van der Waals surface area contributed by atoms with Gasteiger partial charge in [-0.15, -0.1) is 0 Å². The average Bonchev–Trinajstić information content (AvgIpc) is 2.14. The molecule has 1 unspecified atom stereocenters. The zero-order valence-corrected chi connectivity index (χ0v) is 5.20. The van der Waals surface area contributed by atoms with Crippen LogP contribution in [0.1, 0.15) is 6.92 Å². The van der Waals surface area contributed by atoms with E-state index in [0.717, 1.165) is 0 Å². The molecule has 0 bridgehead atoms. The number of nitrogens with zero attached hydrogens (tertiary/aromatic N) is 1. The minimum atomic E-state index is -1.21. The third kappa shape index (κ3) is 0.854. The van der Waals surface area contributed by atoms with Gasteiger partial charge in [0.2, 0.25) is 0 Å². The maximum Gasteiger partial charge on any atom is 0.354 e. The van der Waals surface area contributed by atoms with Crippen molar-refractivity contribution >= 4 is 17.7 Å². The Morgan fingerprint density at radius 3 is 2.60 bits per heavy atom. The Morgan fingerprint density at radius 2 is 2.40 bits per heavy atom. The molecule has 0 radical (unpaired) electrons. The Kier molecular flexibility index (Phi) is 1.41. The second-order valence-electron chi connectivity index (χ2n) is 1.91. The van der Waals surface area contributed by atoms with Gasteiger partial charge in [-0.1, -0.05) is 5.16 Å². The Hall–Kier alpha value is -1.39. The average molecular weight is 143 g/mol. The number of hydrogen-bond acceptors (Lipinski definition) is 4. The smallest absolute Gasteiger partial charge is 0.354 e. The van der Waals surface area contributed by atoms with Crippen molar-refractivity contribution in [2.45, 2.75) is 6.92 Å². The number of oxime groups is 1. The van der Waals surface area contributed by atoms with E-state index in [1.807, 2.05) is 0 Å². The second-order valence-corrected chi connectivity index (χ2v) is 1.91. The van der Waals surface area contributed by atoms with Crippen LogP contribution in [0.4, 0.5) is 0 Å². The molecule has 5 heteroatoms. The van der Waals surface area contributed by atoms with E-state index in [1.165, 1.54) is 6.92 Å². The van der Waals surface area contributed by atoms with Gasteiger partial charge >= 0.3 is 11.9 Å². The first-order valence-electron chi connectivity index (χ1n) is 2.65. The first kappa shape index (κ1) is 6.73. The molecule has 0 aliphatic carbocycles. The zero-order valence-electron chi connectivity index (χ0n) is 5.20. The van der Waals surface area contributed by atoms with Crippen molar-refractivity contribution in [2.75, 3.05) is 0 Å². The van der Waals surface area contributed by atoms with Gasteiger partial charge in [0.15, 0.2) is 5.71 Å². The molecule has 1 aliphatic rings. The van der Waals surface area contributed by atoms with E-state index in [2.05, 4.69) is 9.99 Å². The van der Waals surface area contributed by atoms with Gasteiger partial charge in [0.25, 0.3) is 0 Å². The Labute approximate surface area is 56.3 Å². The fourth-order valence-corrected chi connectivity index (χ4v) is 0.588. The largest absolute Gasteiger partial charge is 0.477 e. The molecule has 0 aromatic rings. The molecule has 0 saturated heterocycles. The summed E-state index contributed by atoms with van der Waals surface area (Å²) in [6.07, 6.45) is 0. The molecule has 0 aromatic heterocycles. The van der Waals surface area contributed by atoms with Gasteiger partial charge in [-0.25, -0.2) is 9.59 Å². The molecular formula is C5H5NO4. The quantitative estimate of drug-likeness (QED) is 0.507. The second kappa shape index (κ2) is 2.09. The fourth-order valence-electron chi connectivity index (χ4n) is 0.588. The van der Waals surface area contributed by atoms with Crippen molar-refractivity contribution in [3.63, 3.8) is 0 Å². The van der Waals surface area contributed by atoms with E-state index >= 15 is 0 Å². The van der Waals surface area contributed by atoms with Crippen LogP contribution < -0.4 is 0 Å². The standard InChI is InChI=1S/C5H5NO4/c1-2-3(4(7)8)6-10-5(2)9/h2H,1H3,(H,7,8). The highest BCUT2D eigenvalue weighted by atomic mass is 16.7. The van der Waals surface area contributed by atoms with Crippen LogP contribution in [0.2, 0.25) is 0 Å². The van der Waals surface area contributed by atoms with Gasteiger partial charge in [0.1, 0.15) is 5.92 Å². The maximum atomic E-state index is 10.5. The first-order valence-corrected chi connectivity index (χ1v) is 2.65. The number of carboxylic acids is 1. The molecule has 1 heterocycles. The lowest BCUT2D eigenvalue weighted by atomic mass is 10.1. The summed E-state index contributed by atoms with van der Waals surface area (Å²) in [5.41, 5.74) is -0.231. The van der Waals surface area contributed by atoms with E-state index in [1.54, 1.807) is 0 Å². The van der Waals surface area contributed by atoms with Crippen molar-refractivity contribution in [3.05, 3.63) is 0 Å². The van der Waals surface area contributed by atoms with Crippen molar-refractivity contribution in [1.29, 1.82) is 0 Å². The van der Waals surface area contributed by atoms with E-state index in [4.69, 9.17) is 5.11 Å². The SMILES string of the molecule is CC1C(=O)ON=C1C(=O)O. The third-order valence-electron chi connectivity index (χ3n) is 1.22. The summed E-state index contributed by atoms with van der Waals surface area (Å²) in [7, 11) is 0. The van der Waals surface area contributed by atoms with Crippen LogP contribution in [0, 0.1) is 5.92 Å². The van der Waals surface area contributed by atoms with Gasteiger partial charge in [-0.2, -0.15) is 0 Å². The highest BCUT2D eigenvalue weighted by Gasteiger charge is 2.32. The molecule has 10 heavy (non-hydrogen) atoms. The molecule has 1 aliphatic heterocycles. The van der Waals surface area contributed by atoms with Crippen molar-refractivity contribution in [2.24, 2.45) is 11.1 Å². The van der Waals surface area contributed by atoms with Crippen LogP contribution in [-0.2, 0) is 14.4 Å². The summed E-state index contributed by atoms with van der Waals surface area (Å²) in [6.45, 7) is 1.43. The maximum absolute atomic E-state index is 10.5. The molecular weight excluding hydrogens is 138 g/mol. The van der Waals surface area contributed by atoms with E-state index in [-0.39, 0.29) is 5.71 Å². The predicted octanol–water partition coefficient (Wildman–Crippen LogP) is -0.380. The first-order chi connectivity index (χ1) is 4.63. The highest BCUT2D eigenvalue weighted by molar-refractivity contribution is 6.40. The molecule has 1 N–H and O–H groups in total. The molecule has 1 atom stereocenters. The molecule has 1 rings (SSSR count). The van der Waals surface area contributed by atoms with Crippen LogP contribution in [0.5, 0.6) is 0 Å². The Balaban J connectivity index is 2.81. The molecule has 54 valence electrons. The summed E-state index contributed by atoms with van der Waals surface area (Å²) >= 11 is 0. The molecule has 0 fully saturated rings. The molecule has 0 amide bonds. The highest BCUT2D eigenvalue weighted by Crippen LogP contribution is 2.10. The van der Waals surface area contributed by atoms with Gasteiger partial charge in [0.05, 0.1) is 0 Å². The summed E-state index contributed by atoms with van der Waals surface area (Å²) in [4.78, 5) is 24.8. The lowest BCUT2D eigenvalue weighted by Gasteiger charge is -1.92. The topological polar surface area (TPSA) is 76.0 Å². The number of hydrogen-bond donors (Lipinski definition) is 1. The van der Waals surface area contributed by atoms with Crippen LogP contribution in [-0.4, -0.2) is 22.8 Å². The lowest BCUT2D eigenvalue weighted by Crippen LogP contribution is -2.21. The summed E-state index contributed by atoms with van der Waals surface area (Å²) in [5, 5.41) is 11.4. The van der Waals surface area contributed by atoms with E-state index < -0.39 is 17.9 Å². The predicted molar refractivity (Wildman–Crippen MR) is 30.3 cm³/mol.